The zero-order valence-electron chi connectivity index (χ0n) is 11.1. The number of ether oxygens (including phenoxy) is 1. The minimum absolute atomic E-state index is 0.0543. The van der Waals surface area contributed by atoms with E-state index in [4.69, 9.17) is 0 Å². The molecule has 1 aromatic heterocycles. The standard InChI is InChI=1S/C11H18N4O3/c1-5-14(6-2)10(16)8(3)15-7-9(12-13-15)11(17)18-4/h7-8H,5-6H2,1-4H3. The highest BCUT2D eigenvalue weighted by Gasteiger charge is 2.22. The Morgan fingerprint density at radius 3 is 2.56 bits per heavy atom. The summed E-state index contributed by atoms with van der Waals surface area (Å²) in [5.41, 5.74) is 0.0942. The maximum absolute atomic E-state index is 12.1. The van der Waals surface area contributed by atoms with Crippen LogP contribution in [0.15, 0.2) is 6.20 Å². The summed E-state index contributed by atoms with van der Waals surface area (Å²) in [6.07, 6.45) is 1.41. The minimum Gasteiger partial charge on any atom is -0.464 e. The lowest BCUT2D eigenvalue weighted by atomic mass is 10.3. The Hall–Kier alpha value is -1.92. The maximum atomic E-state index is 12.1. The van der Waals surface area contributed by atoms with Gasteiger partial charge in [0.05, 0.1) is 13.3 Å². The van der Waals surface area contributed by atoms with Crippen molar-refractivity contribution < 1.29 is 14.3 Å². The van der Waals surface area contributed by atoms with Crippen LogP contribution in [0.4, 0.5) is 0 Å². The maximum Gasteiger partial charge on any atom is 0.360 e. The second-order valence-electron chi connectivity index (χ2n) is 3.76. The lowest BCUT2D eigenvalue weighted by Crippen LogP contribution is -2.36. The Morgan fingerprint density at radius 1 is 1.44 bits per heavy atom. The van der Waals surface area contributed by atoms with Crippen molar-refractivity contribution in [1.82, 2.24) is 19.9 Å². The van der Waals surface area contributed by atoms with Gasteiger partial charge in [-0.25, -0.2) is 9.48 Å². The van der Waals surface area contributed by atoms with Crippen LogP contribution in [-0.4, -0.2) is 52.0 Å². The van der Waals surface area contributed by atoms with Crippen molar-refractivity contribution in [3.8, 4) is 0 Å². The van der Waals surface area contributed by atoms with Crippen molar-refractivity contribution in [2.75, 3.05) is 20.2 Å². The van der Waals surface area contributed by atoms with E-state index in [2.05, 4.69) is 15.0 Å². The largest absolute Gasteiger partial charge is 0.464 e. The summed E-state index contributed by atoms with van der Waals surface area (Å²) in [5, 5.41) is 7.44. The van der Waals surface area contributed by atoms with E-state index in [1.165, 1.54) is 18.0 Å². The molecule has 0 saturated heterocycles. The van der Waals surface area contributed by atoms with Gasteiger partial charge in [-0.05, 0) is 20.8 Å². The van der Waals surface area contributed by atoms with Gasteiger partial charge in [0.15, 0.2) is 5.69 Å². The molecule has 7 heteroatoms. The van der Waals surface area contributed by atoms with Gasteiger partial charge in [0.1, 0.15) is 6.04 Å². The first-order valence-corrected chi connectivity index (χ1v) is 5.84. The number of hydrogen-bond donors (Lipinski definition) is 0. The topological polar surface area (TPSA) is 77.3 Å². The van der Waals surface area contributed by atoms with Crippen LogP contribution in [0.25, 0.3) is 0 Å². The first kappa shape index (κ1) is 14.1. The lowest BCUT2D eigenvalue weighted by molar-refractivity contribution is -0.134. The molecular formula is C11H18N4O3. The van der Waals surface area contributed by atoms with Gasteiger partial charge >= 0.3 is 5.97 Å². The fourth-order valence-electron chi connectivity index (χ4n) is 1.58. The van der Waals surface area contributed by atoms with Crippen LogP contribution < -0.4 is 0 Å². The van der Waals surface area contributed by atoms with E-state index >= 15 is 0 Å². The number of likely N-dealkylation sites (N-methyl/N-ethyl adjacent to an activating group) is 1. The smallest absolute Gasteiger partial charge is 0.360 e. The van der Waals surface area contributed by atoms with Crippen LogP contribution in [0, 0.1) is 0 Å². The highest BCUT2D eigenvalue weighted by molar-refractivity contribution is 5.86. The molecule has 18 heavy (non-hydrogen) atoms. The number of rotatable bonds is 5. The number of nitrogens with zero attached hydrogens (tertiary/aromatic N) is 4. The molecule has 0 fully saturated rings. The summed E-state index contributed by atoms with van der Waals surface area (Å²) in [6, 6.07) is -0.490. The van der Waals surface area contributed by atoms with E-state index in [0.717, 1.165) is 0 Å². The van der Waals surface area contributed by atoms with Crippen molar-refractivity contribution >= 4 is 11.9 Å². The minimum atomic E-state index is -0.566. The number of hydrogen-bond acceptors (Lipinski definition) is 5. The molecular weight excluding hydrogens is 236 g/mol. The summed E-state index contributed by atoms with van der Waals surface area (Å²) in [4.78, 5) is 25.0. The van der Waals surface area contributed by atoms with Crippen molar-refractivity contribution in [1.29, 1.82) is 0 Å². The molecule has 1 aromatic rings. The van der Waals surface area contributed by atoms with Crippen molar-refractivity contribution in [3.63, 3.8) is 0 Å². The Bertz CT molecular complexity index is 426. The number of methoxy groups -OCH3 is 1. The Morgan fingerprint density at radius 2 is 2.06 bits per heavy atom. The van der Waals surface area contributed by atoms with Gasteiger partial charge in [-0.1, -0.05) is 5.21 Å². The van der Waals surface area contributed by atoms with Crippen LogP contribution >= 0.6 is 0 Å². The van der Waals surface area contributed by atoms with Gasteiger partial charge in [-0.3, -0.25) is 4.79 Å². The number of aromatic nitrogens is 3. The molecule has 0 aliphatic carbocycles. The summed E-state index contributed by atoms with van der Waals surface area (Å²) in [6.45, 7) is 6.82. The highest BCUT2D eigenvalue weighted by atomic mass is 16.5. The average molecular weight is 254 g/mol. The van der Waals surface area contributed by atoms with Crippen molar-refractivity contribution in [2.45, 2.75) is 26.8 Å². The first-order chi connectivity index (χ1) is 8.54. The van der Waals surface area contributed by atoms with E-state index in [9.17, 15) is 9.59 Å². The molecule has 0 aliphatic heterocycles. The molecule has 0 N–H and O–H groups in total. The first-order valence-electron chi connectivity index (χ1n) is 5.84. The van der Waals surface area contributed by atoms with Gasteiger partial charge in [0.2, 0.25) is 5.91 Å². The molecule has 7 nitrogen and oxygen atoms in total. The molecule has 0 spiro atoms. The van der Waals surface area contributed by atoms with E-state index in [0.29, 0.717) is 13.1 Å². The Kier molecular flexibility index (Phi) is 4.82. The summed E-state index contributed by atoms with van der Waals surface area (Å²) in [7, 11) is 1.27. The van der Waals surface area contributed by atoms with Crippen molar-refractivity contribution in [2.24, 2.45) is 0 Å². The fourth-order valence-corrected chi connectivity index (χ4v) is 1.58. The predicted octanol–water partition coefficient (Wildman–Crippen LogP) is 0.494. The van der Waals surface area contributed by atoms with Gasteiger partial charge in [-0.2, -0.15) is 0 Å². The van der Waals surface area contributed by atoms with Gasteiger partial charge in [0, 0.05) is 13.1 Å². The zero-order valence-corrected chi connectivity index (χ0v) is 11.1. The average Bonchev–Trinajstić information content (AvgIpc) is 2.87. The fraction of sp³-hybridized carbons (Fsp3) is 0.636. The van der Waals surface area contributed by atoms with Crippen molar-refractivity contribution in [3.05, 3.63) is 11.9 Å². The second-order valence-corrected chi connectivity index (χ2v) is 3.76. The summed E-state index contributed by atoms with van der Waals surface area (Å²) in [5.74, 6) is -0.620. The van der Waals surface area contributed by atoms with E-state index < -0.39 is 12.0 Å². The van der Waals surface area contributed by atoms with E-state index in [-0.39, 0.29) is 11.6 Å². The van der Waals surface area contributed by atoms with Crippen LogP contribution in [0.3, 0.4) is 0 Å². The molecule has 100 valence electrons. The molecule has 1 rings (SSSR count). The van der Waals surface area contributed by atoms with E-state index in [1.54, 1.807) is 11.8 Å². The molecule has 0 bridgehead atoms. The third-order valence-electron chi connectivity index (χ3n) is 2.73. The molecule has 0 radical (unpaired) electrons. The number of carbonyl (C=O) groups is 2. The quantitative estimate of drug-likeness (QED) is 0.715. The van der Waals surface area contributed by atoms with Crippen LogP contribution in [0.2, 0.25) is 0 Å². The SMILES string of the molecule is CCN(CC)C(=O)C(C)n1cc(C(=O)OC)nn1. The monoisotopic (exact) mass is 254 g/mol. The number of carbonyl (C=O) groups excluding carboxylic acids is 2. The van der Waals surface area contributed by atoms with Crippen LogP contribution in [-0.2, 0) is 9.53 Å². The van der Waals surface area contributed by atoms with E-state index in [1.807, 2.05) is 13.8 Å². The van der Waals surface area contributed by atoms with Gasteiger partial charge in [-0.15, -0.1) is 5.10 Å². The number of esters is 1. The Balaban J connectivity index is 2.84. The molecule has 1 amide bonds. The number of amides is 1. The molecule has 0 aromatic carbocycles. The molecule has 0 saturated carbocycles. The molecule has 0 aliphatic rings. The highest BCUT2D eigenvalue weighted by Crippen LogP contribution is 2.09. The third-order valence-corrected chi connectivity index (χ3v) is 2.73. The molecule has 1 atom stereocenters. The predicted molar refractivity (Wildman–Crippen MR) is 64.0 cm³/mol. The normalized spacial score (nSPS) is 12.0. The summed E-state index contributed by atoms with van der Waals surface area (Å²) >= 11 is 0. The zero-order chi connectivity index (χ0) is 13.7. The Labute approximate surface area is 106 Å². The van der Waals surface area contributed by atoms with Crippen LogP contribution in [0.5, 0.6) is 0 Å². The summed E-state index contributed by atoms with van der Waals surface area (Å²) < 4.78 is 5.90. The third kappa shape index (κ3) is 2.85. The van der Waals surface area contributed by atoms with Gasteiger partial charge in [0.25, 0.3) is 0 Å². The van der Waals surface area contributed by atoms with Gasteiger partial charge < -0.3 is 9.64 Å². The second kappa shape index (κ2) is 6.13. The van der Waals surface area contributed by atoms with Crippen LogP contribution in [0.1, 0.15) is 37.3 Å². The molecule has 1 heterocycles. The lowest BCUT2D eigenvalue weighted by Gasteiger charge is -2.22. The molecule has 1 unspecified atom stereocenters.